The average molecular weight is 476 g/mol. The Bertz CT molecular complexity index is 1260. The molecule has 6 heteroatoms. The van der Waals surface area contributed by atoms with Crippen LogP contribution in [0.25, 0.3) is 10.9 Å². The first-order chi connectivity index (χ1) is 15.1. The molecule has 4 aromatic rings. The maximum atomic E-state index is 12.6. The van der Waals surface area contributed by atoms with Gasteiger partial charge >= 0.3 is 0 Å². The van der Waals surface area contributed by atoms with Crippen molar-refractivity contribution in [3.05, 3.63) is 99.7 Å². The zero-order chi connectivity index (χ0) is 21.8. The number of methoxy groups -OCH3 is 1. The first-order valence-corrected chi connectivity index (χ1v) is 10.7. The van der Waals surface area contributed by atoms with Gasteiger partial charge in [0.2, 0.25) is 0 Å². The second kappa shape index (κ2) is 9.18. The van der Waals surface area contributed by atoms with Crippen molar-refractivity contribution in [2.75, 3.05) is 7.11 Å². The minimum atomic E-state index is -0.333. The summed E-state index contributed by atoms with van der Waals surface area (Å²) in [5, 5.41) is 5.34. The average Bonchev–Trinajstić information content (AvgIpc) is 3.05. The van der Waals surface area contributed by atoms with Crippen molar-refractivity contribution in [3.63, 3.8) is 0 Å². The van der Waals surface area contributed by atoms with Crippen molar-refractivity contribution in [3.8, 4) is 5.75 Å². The van der Waals surface area contributed by atoms with Crippen LogP contribution in [-0.2, 0) is 6.54 Å². The van der Waals surface area contributed by atoms with Crippen molar-refractivity contribution in [1.82, 2.24) is 9.99 Å². The Hall–Kier alpha value is -3.38. The lowest BCUT2D eigenvalue weighted by Crippen LogP contribution is -2.18. The topological polar surface area (TPSA) is 55.6 Å². The molecule has 0 spiro atoms. The van der Waals surface area contributed by atoms with Crippen LogP contribution in [0.5, 0.6) is 5.75 Å². The number of benzene rings is 3. The van der Waals surface area contributed by atoms with Gasteiger partial charge in [-0.3, -0.25) is 4.79 Å². The van der Waals surface area contributed by atoms with E-state index in [4.69, 9.17) is 4.74 Å². The number of nitrogens with one attached hydrogen (secondary N) is 1. The maximum absolute atomic E-state index is 12.6. The number of halogens is 1. The van der Waals surface area contributed by atoms with E-state index >= 15 is 0 Å². The van der Waals surface area contributed by atoms with E-state index in [-0.39, 0.29) is 5.91 Å². The van der Waals surface area contributed by atoms with Gasteiger partial charge in [-0.25, -0.2) is 5.43 Å². The monoisotopic (exact) mass is 475 g/mol. The summed E-state index contributed by atoms with van der Waals surface area (Å²) in [6.45, 7) is 2.84. The summed E-state index contributed by atoms with van der Waals surface area (Å²) in [7, 11) is 1.54. The largest absolute Gasteiger partial charge is 0.496 e. The third-order valence-electron chi connectivity index (χ3n) is 5.23. The SMILES string of the molecule is COc1ccc(Br)cc1C(=O)N/N=C\c1c(C)n(Cc2ccccc2)c2ccccc12. The molecule has 1 amide bonds. The van der Waals surface area contributed by atoms with Gasteiger partial charge in [0.05, 0.1) is 18.9 Å². The van der Waals surface area contributed by atoms with Gasteiger partial charge < -0.3 is 9.30 Å². The molecule has 0 unspecified atom stereocenters. The van der Waals surface area contributed by atoms with E-state index in [1.54, 1.807) is 18.3 Å². The molecule has 1 heterocycles. The van der Waals surface area contributed by atoms with E-state index in [2.05, 4.69) is 62.2 Å². The van der Waals surface area contributed by atoms with E-state index in [0.717, 1.165) is 33.2 Å². The lowest BCUT2D eigenvalue weighted by Gasteiger charge is -2.08. The van der Waals surface area contributed by atoms with E-state index in [0.29, 0.717) is 11.3 Å². The Labute approximate surface area is 189 Å². The van der Waals surface area contributed by atoms with Crippen LogP contribution in [0.1, 0.15) is 27.2 Å². The van der Waals surface area contributed by atoms with Gasteiger partial charge in [0.15, 0.2) is 0 Å². The summed E-state index contributed by atoms with van der Waals surface area (Å²) in [6.07, 6.45) is 1.71. The molecule has 0 radical (unpaired) electrons. The molecular formula is C25H22BrN3O2. The number of aromatic nitrogens is 1. The predicted molar refractivity (Wildman–Crippen MR) is 128 cm³/mol. The summed E-state index contributed by atoms with van der Waals surface area (Å²) in [4.78, 5) is 12.6. The number of nitrogens with zero attached hydrogens (tertiary/aromatic N) is 2. The van der Waals surface area contributed by atoms with E-state index in [1.807, 2.05) is 36.4 Å². The summed E-state index contributed by atoms with van der Waals surface area (Å²) in [5.41, 5.74) is 7.46. The van der Waals surface area contributed by atoms with Crippen LogP contribution < -0.4 is 10.2 Å². The van der Waals surface area contributed by atoms with E-state index < -0.39 is 0 Å². The normalized spacial score (nSPS) is 11.2. The van der Waals surface area contributed by atoms with Crippen molar-refractivity contribution >= 4 is 39.0 Å². The maximum Gasteiger partial charge on any atom is 0.275 e. The molecule has 1 N–H and O–H groups in total. The fraction of sp³-hybridized carbons (Fsp3) is 0.120. The lowest BCUT2D eigenvalue weighted by atomic mass is 10.1. The van der Waals surface area contributed by atoms with Gasteiger partial charge in [0.1, 0.15) is 5.75 Å². The Morgan fingerprint density at radius 3 is 2.61 bits per heavy atom. The molecule has 0 saturated heterocycles. The van der Waals surface area contributed by atoms with Crippen molar-refractivity contribution < 1.29 is 9.53 Å². The second-order valence-corrected chi connectivity index (χ2v) is 8.05. The van der Waals surface area contributed by atoms with Gasteiger partial charge in [-0.1, -0.05) is 64.5 Å². The number of carbonyl (C=O) groups is 1. The fourth-order valence-corrected chi connectivity index (χ4v) is 4.02. The molecule has 0 saturated carbocycles. The molecular weight excluding hydrogens is 454 g/mol. The zero-order valence-corrected chi connectivity index (χ0v) is 18.9. The number of hydrogen-bond acceptors (Lipinski definition) is 3. The highest BCUT2D eigenvalue weighted by atomic mass is 79.9. The quantitative estimate of drug-likeness (QED) is 0.294. The van der Waals surface area contributed by atoms with Crippen LogP contribution in [-0.4, -0.2) is 23.8 Å². The number of ether oxygens (including phenoxy) is 1. The van der Waals surface area contributed by atoms with Crippen LogP contribution in [0.2, 0.25) is 0 Å². The third kappa shape index (κ3) is 4.39. The van der Waals surface area contributed by atoms with E-state index in [1.165, 1.54) is 12.7 Å². The zero-order valence-electron chi connectivity index (χ0n) is 17.3. The molecule has 0 fully saturated rings. The van der Waals surface area contributed by atoms with Crippen LogP contribution in [0.4, 0.5) is 0 Å². The molecule has 0 aliphatic heterocycles. The molecule has 156 valence electrons. The number of fused-ring (bicyclic) bond motifs is 1. The van der Waals surface area contributed by atoms with E-state index in [9.17, 15) is 4.79 Å². The molecule has 31 heavy (non-hydrogen) atoms. The lowest BCUT2D eigenvalue weighted by molar-refractivity contribution is 0.0952. The molecule has 0 bridgehead atoms. The van der Waals surface area contributed by atoms with Crippen LogP contribution in [0.15, 0.2) is 82.4 Å². The van der Waals surface area contributed by atoms with Gasteiger partial charge in [0, 0.05) is 33.2 Å². The summed E-state index contributed by atoms with van der Waals surface area (Å²) in [6, 6.07) is 23.8. The molecule has 1 aromatic heterocycles. The predicted octanol–water partition coefficient (Wildman–Crippen LogP) is 5.53. The number of rotatable bonds is 6. The molecule has 4 rings (SSSR count). The number of carbonyl (C=O) groups excluding carboxylic acids is 1. The first-order valence-electron chi connectivity index (χ1n) is 9.87. The van der Waals surface area contributed by atoms with Crippen LogP contribution in [0, 0.1) is 6.92 Å². The second-order valence-electron chi connectivity index (χ2n) is 7.13. The van der Waals surface area contributed by atoms with Gasteiger partial charge in [-0.15, -0.1) is 0 Å². The van der Waals surface area contributed by atoms with Crippen molar-refractivity contribution in [2.45, 2.75) is 13.5 Å². The molecule has 5 nitrogen and oxygen atoms in total. The van der Waals surface area contributed by atoms with Crippen molar-refractivity contribution in [2.24, 2.45) is 5.10 Å². The van der Waals surface area contributed by atoms with Gasteiger partial charge in [-0.05, 0) is 36.8 Å². The summed E-state index contributed by atoms with van der Waals surface area (Å²) in [5.74, 6) is 0.159. The Morgan fingerprint density at radius 1 is 1.10 bits per heavy atom. The summed E-state index contributed by atoms with van der Waals surface area (Å²) < 4.78 is 8.35. The van der Waals surface area contributed by atoms with Crippen LogP contribution in [0.3, 0.4) is 0 Å². The summed E-state index contributed by atoms with van der Waals surface area (Å²) >= 11 is 3.39. The standard InChI is InChI=1S/C25H22BrN3O2/c1-17-22(15-27-28-25(30)21-14-19(26)12-13-24(21)31-2)20-10-6-7-11-23(20)29(17)16-18-8-4-3-5-9-18/h3-15H,16H2,1-2H3,(H,28,30)/b27-15-. The van der Waals surface area contributed by atoms with Gasteiger partial charge in [-0.2, -0.15) is 5.10 Å². The minimum Gasteiger partial charge on any atom is -0.496 e. The number of amides is 1. The Morgan fingerprint density at radius 2 is 1.84 bits per heavy atom. The smallest absolute Gasteiger partial charge is 0.275 e. The molecule has 3 aromatic carbocycles. The fourth-order valence-electron chi connectivity index (χ4n) is 3.66. The molecule has 0 aliphatic carbocycles. The number of hydrogen-bond donors (Lipinski definition) is 1. The van der Waals surface area contributed by atoms with Gasteiger partial charge in [0.25, 0.3) is 5.91 Å². The number of para-hydroxylation sites is 1. The Kier molecular flexibility index (Phi) is 6.18. The highest BCUT2D eigenvalue weighted by molar-refractivity contribution is 9.10. The first kappa shape index (κ1) is 20.9. The highest BCUT2D eigenvalue weighted by Gasteiger charge is 2.14. The molecule has 0 atom stereocenters. The number of hydrazone groups is 1. The third-order valence-corrected chi connectivity index (χ3v) is 5.72. The van der Waals surface area contributed by atoms with Crippen molar-refractivity contribution in [1.29, 1.82) is 0 Å². The highest BCUT2D eigenvalue weighted by Crippen LogP contribution is 2.26. The Balaban J connectivity index is 1.63. The minimum absolute atomic E-state index is 0.333. The van der Waals surface area contributed by atoms with Crippen LogP contribution >= 0.6 is 15.9 Å². The molecule has 0 aliphatic rings.